The van der Waals surface area contributed by atoms with Crippen LogP contribution in [0.5, 0.6) is 0 Å². The maximum atomic E-state index is 11.5. The van der Waals surface area contributed by atoms with E-state index < -0.39 is 0 Å². The van der Waals surface area contributed by atoms with Crippen molar-refractivity contribution in [3.63, 3.8) is 0 Å². The van der Waals surface area contributed by atoms with Crippen LogP contribution in [0.15, 0.2) is 23.3 Å². The lowest BCUT2D eigenvalue weighted by atomic mass is 10.0. The highest BCUT2D eigenvalue weighted by atomic mass is 16.2. The Bertz CT molecular complexity index is 462. The quantitative estimate of drug-likeness (QED) is 0.643. The number of benzene rings is 1. The van der Waals surface area contributed by atoms with E-state index in [9.17, 15) is 4.79 Å². The Morgan fingerprint density at radius 1 is 1.33 bits per heavy atom. The number of nitrogens with one attached hydrogen (secondary N) is 1. The lowest BCUT2D eigenvalue weighted by Gasteiger charge is -2.07. The molecule has 1 N–H and O–H groups in total. The van der Waals surface area contributed by atoms with E-state index in [4.69, 9.17) is 0 Å². The van der Waals surface area contributed by atoms with E-state index in [1.165, 1.54) is 11.1 Å². The van der Waals surface area contributed by atoms with Crippen LogP contribution in [0.1, 0.15) is 43.9 Å². The predicted molar refractivity (Wildman–Crippen MR) is 75.7 cm³/mol. The summed E-state index contributed by atoms with van der Waals surface area (Å²) in [5, 5.41) is 4.15. The van der Waals surface area contributed by atoms with Crippen LogP contribution < -0.4 is 5.43 Å². The van der Waals surface area contributed by atoms with Gasteiger partial charge in [-0.25, -0.2) is 5.43 Å². The smallest absolute Gasteiger partial charge is 0.240 e. The molecule has 0 aliphatic carbocycles. The van der Waals surface area contributed by atoms with E-state index in [2.05, 4.69) is 36.5 Å². The molecular weight excluding hydrogens is 224 g/mol. The molecule has 0 spiro atoms. The Kier molecular flexibility index (Phi) is 5.08. The Labute approximate surface area is 109 Å². The van der Waals surface area contributed by atoms with Crippen molar-refractivity contribution < 1.29 is 4.79 Å². The van der Waals surface area contributed by atoms with E-state index in [-0.39, 0.29) is 5.91 Å². The minimum Gasteiger partial charge on any atom is -0.273 e. The van der Waals surface area contributed by atoms with Gasteiger partial charge < -0.3 is 0 Å². The maximum absolute atomic E-state index is 11.5. The van der Waals surface area contributed by atoms with Crippen LogP contribution in [0.3, 0.4) is 0 Å². The molecule has 0 radical (unpaired) electrons. The summed E-state index contributed by atoms with van der Waals surface area (Å²) < 4.78 is 0. The van der Waals surface area contributed by atoms with Crippen molar-refractivity contribution >= 4 is 11.6 Å². The number of hydrazone groups is 1. The first-order chi connectivity index (χ1) is 8.40. The molecular formula is C15H22N2O. The van der Waals surface area contributed by atoms with Crippen molar-refractivity contribution in [1.82, 2.24) is 5.43 Å². The van der Waals surface area contributed by atoms with Gasteiger partial charge in [0.1, 0.15) is 0 Å². The lowest BCUT2D eigenvalue weighted by molar-refractivity contribution is -0.121. The number of hydrogen-bond acceptors (Lipinski definition) is 2. The number of carbonyl (C=O) groups is 1. The Morgan fingerprint density at radius 3 is 2.56 bits per heavy atom. The maximum Gasteiger partial charge on any atom is 0.240 e. The zero-order chi connectivity index (χ0) is 13.7. The molecule has 3 heteroatoms. The number of amides is 1. The van der Waals surface area contributed by atoms with Crippen LogP contribution in [-0.4, -0.2) is 11.6 Å². The Hall–Kier alpha value is -1.64. The van der Waals surface area contributed by atoms with Gasteiger partial charge in [-0.1, -0.05) is 37.6 Å². The van der Waals surface area contributed by atoms with Crippen LogP contribution in [0.2, 0.25) is 0 Å². The van der Waals surface area contributed by atoms with E-state index in [1.807, 2.05) is 26.8 Å². The minimum atomic E-state index is -0.0332. The summed E-state index contributed by atoms with van der Waals surface area (Å²) in [6, 6.07) is 6.21. The molecule has 0 fully saturated rings. The Morgan fingerprint density at radius 2 is 2.00 bits per heavy atom. The SMILES string of the molecule is C/C(=N/NC(=O)CC(C)C)c1ccc(C)cc1C. The van der Waals surface area contributed by atoms with E-state index in [0.29, 0.717) is 12.3 Å². The van der Waals surface area contributed by atoms with Gasteiger partial charge in [0, 0.05) is 12.0 Å². The standard InChI is InChI=1S/C15H22N2O/c1-10(2)8-15(18)17-16-13(5)14-7-6-11(3)9-12(14)4/h6-7,9-10H,8H2,1-5H3,(H,17,18)/b16-13-. The fraction of sp³-hybridized carbons (Fsp3) is 0.467. The highest BCUT2D eigenvalue weighted by Gasteiger charge is 2.05. The van der Waals surface area contributed by atoms with Gasteiger partial charge in [0.15, 0.2) is 0 Å². The summed E-state index contributed by atoms with van der Waals surface area (Å²) >= 11 is 0. The summed E-state index contributed by atoms with van der Waals surface area (Å²) in [4.78, 5) is 11.5. The van der Waals surface area contributed by atoms with E-state index in [0.717, 1.165) is 11.3 Å². The number of rotatable bonds is 4. The zero-order valence-electron chi connectivity index (χ0n) is 11.9. The molecule has 1 rings (SSSR count). The predicted octanol–water partition coefficient (Wildman–Crippen LogP) is 3.19. The lowest BCUT2D eigenvalue weighted by Crippen LogP contribution is -2.20. The fourth-order valence-corrected chi connectivity index (χ4v) is 1.84. The Balaban J connectivity index is 2.74. The first kappa shape index (κ1) is 14.4. The third-order valence-electron chi connectivity index (χ3n) is 2.71. The van der Waals surface area contributed by atoms with Gasteiger partial charge in [0.2, 0.25) is 5.91 Å². The summed E-state index contributed by atoms with van der Waals surface area (Å²) in [7, 11) is 0. The third kappa shape index (κ3) is 4.32. The number of aryl methyl sites for hydroxylation is 2. The average Bonchev–Trinajstić information content (AvgIpc) is 2.25. The highest BCUT2D eigenvalue weighted by molar-refractivity contribution is 6.00. The summed E-state index contributed by atoms with van der Waals surface area (Å²) in [6.07, 6.45) is 0.504. The van der Waals surface area contributed by atoms with Crippen LogP contribution in [0, 0.1) is 19.8 Å². The second-order valence-corrected chi connectivity index (χ2v) is 5.15. The second kappa shape index (κ2) is 6.34. The van der Waals surface area contributed by atoms with Gasteiger partial charge >= 0.3 is 0 Å². The van der Waals surface area contributed by atoms with Crippen molar-refractivity contribution in [2.24, 2.45) is 11.0 Å². The average molecular weight is 246 g/mol. The molecule has 1 amide bonds. The van der Waals surface area contributed by atoms with Crippen molar-refractivity contribution in [2.45, 2.75) is 41.0 Å². The summed E-state index contributed by atoms with van der Waals surface area (Å²) in [5.74, 6) is 0.315. The summed E-state index contributed by atoms with van der Waals surface area (Å²) in [6.45, 7) is 10.1. The van der Waals surface area contributed by atoms with Crippen LogP contribution >= 0.6 is 0 Å². The molecule has 0 saturated carbocycles. The van der Waals surface area contributed by atoms with Crippen molar-refractivity contribution in [1.29, 1.82) is 0 Å². The molecule has 0 aromatic heterocycles. The van der Waals surface area contributed by atoms with Gasteiger partial charge in [-0.3, -0.25) is 4.79 Å². The van der Waals surface area contributed by atoms with Gasteiger partial charge in [0.05, 0.1) is 5.71 Å². The molecule has 0 unspecified atom stereocenters. The van der Waals surface area contributed by atoms with Crippen molar-refractivity contribution in [3.8, 4) is 0 Å². The van der Waals surface area contributed by atoms with Gasteiger partial charge in [-0.2, -0.15) is 5.10 Å². The van der Waals surface area contributed by atoms with Crippen LogP contribution in [0.25, 0.3) is 0 Å². The normalized spacial score (nSPS) is 11.8. The number of nitrogens with zero attached hydrogens (tertiary/aromatic N) is 1. The zero-order valence-corrected chi connectivity index (χ0v) is 11.9. The molecule has 0 aliphatic heterocycles. The van der Waals surface area contributed by atoms with Crippen LogP contribution in [-0.2, 0) is 4.79 Å². The number of hydrogen-bond donors (Lipinski definition) is 1. The molecule has 0 aliphatic rings. The first-order valence-electron chi connectivity index (χ1n) is 6.31. The first-order valence-corrected chi connectivity index (χ1v) is 6.31. The molecule has 0 heterocycles. The molecule has 3 nitrogen and oxygen atoms in total. The monoisotopic (exact) mass is 246 g/mol. The van der Waals surface area contributed by atoms with E-state index in [1.54, 1.807) is 0 Å². The fourth-order valence-electron chi connectivity index (χ4n) is 1.84. The van der Waals surface area contributed by atoms with Crippen molar-refractivity contribution in [3.05, 3.63) is 34.9 Å². The topological polar surface area (TPSA) is 41.5 Å². The molecule has 1 aromatic carbocycles. The molecule has 0 atom stereocenters. The van der Waals surface area contributed by atoms with Gasteiger partial charge in [0.25, 0.3) is 0 Å². The molecule has 18 heavy (non-hydrogen) atoms. The highest BCUT2D eigenvalue weighted by Crippen LogP contribution is 2.11. The molecule has 0 bridgehead atoms. The summed E-state index contributed by atoms with van der Waals surface area (Å²) in [5.41, 5.74) is 6.92. The van der Waals surface area contributed by atoms with Crippen molar-refractivity contribution in [2.75, 3.05) is 0 Å². The number of carbonyl (C=O) groups excluding carboxylic acids is 1. The minimum absolute atomic E-state index is 0.0332. The van der Waals surface area contributed by atoms with Gasteiger partial charge in [-0.05, 0) is 32.3 Å². The largest absolute Gasteiger partial charge is 0.273 e. The van der Waals surface area contributed by atoms with Crippen LogP contribution in [0.4, 0.5) is 0 Å². The molecule has 0 saturated heterocycles. The molecule has 1 aromatic rings. The van der Waals surface area contributed by atoms with E-state index >= 15 is 0 Å². The van der Waals surface area contributed by atoms with Gasteiger partial charge in [-0.15, -0.1) is 0 Å². The second-order valence-electron chi connectivity index (χ2n) is 5.15. The third-order valence-corrected chi connectivity index (χ3v) is 2.71. The molecule has 98 valence electrons.